The van der Waals surface area contributed by atoms with E-state index in [4.69, 9.17) is 4.42 Å². The molecule has 0 saturated carbocycles. The second kappa shape index (κ2) is 7.54. The highest BCUT2D eigenvalue weighted by molar-refractivity contribution is 5.18. The van der Waals surface area contributed by atoms with Crippen LogP contribution in [0.5, 0.6) is 0 Å². The number of furan rings is 1. The number of hydrogen-bond donors (Lipinski definition) is 0. The van der Waals surface area contributed by atoms with E-state index >= 15 is 0 Å². The molecule has 1 aromatic heterocycles. The Bertz CT molecular complexity index is 634. The van der Waals surface area contributed by atoms with Gasteiger partial charge < -0.3 is 4.42 Å². The van der Waals surface area contributed by atoms with Crippen molar-refractivity contribution in [2.45, 2.75) is 58.3 Å². The summed E-state index contributed by atoms with van der Waals surface area (Å²) in [6.45, 7) is 8.65. The van der Waals surface area contributed by atoms with Crippen molar-refractivity contribution in [2.24, 2.45) is 0 Å². The van der Waals surface area contributed by atoms with E-state index in [1.165, 1.54) is 12.0 Å². The number of aryl methyl sites for hydroxylation is 1. The molecule has 24 heavy (non-hydrogen) atoms. The Balaban J connectivity index is 1.78. The fourth-order valence-corrected chi connectivity index (χ4v) is 3.84. The molecule has 2 heterocycles. The van der Waals surface area contributed by atoms with Crippen molar-refractivity contribution >= 4 is 0 Å². The Morgan fingerprint density at radius 1 is 1.17 bits per heavy atom. The van der Waals surface area contributed by atoms with Gasteiger partial charge in [-0.2, -0.15) is 0 Å². The largest absolute Gasteiger partial charge is 0.465 e. The third kappa shape index (κ3) is 3.90. The number of likely N-dealkylation sites (tertiary alicyclic amines) is 1. The van der Waals surface area contributed by atoms with E-state index in [2.05, 4.69) is 73.2 Å². The lowest BCUT2D eigenvalue weighted by atomic mass is 9.98. The lowest BCUT2D eigenvalue weighted by molar-refractivity contribution is 0.130. The van der Waals surface area contributed by atoms with Gasteiger partial charge in [-0.1, -0.05) is 30.3 Å². The van der Waals surface area contributed by atoms with E-state index < -0.39 is 0 Å². The fourth-order valence-electron chi connectivity index (χ4n) is 3.84. The van der Waals surface area contributed by atoms with E-state index in [-0.39, 0.29) is 0 Å². The number of likely N-dealkylation sites (N-methyl/N-ethyl adjacent to an activating group) is 1. The van der Waals surface area contributed by atoms with Crippen LogP contribution in [0.15, 0.2) is 46.9 Å². The average Bonchev–Trinajstić information content (AvgIpc) is 3.15. The summed E-state index contributed by atoms with van der Waals surface area (Å²) in [5, 5.41) is 0. The lowest BCUT2D eigenvalue weighted by Crippen LogP contribution is -2.47. The summed E-state index contributed by atoms with van der Waals surface area (Å²) in [7, 11) is 2.27. The molecule has 0 unspecified atom stereocenters. The second-order valence-corrected chi connectivity index (χ2v) is 7.36. The number of hydrogen-bond acceptors (Lipinski definition) is 3. The van der Waals surface area contributed by atoms with Gasteiger partial charge >= 0.3 is 0 Å². The van der Waals surface area contributed by atoms with Gasteiger partial charge in [-0.3, -0.25) is 9.80 Å². The van der Waals surface area contributed by atoms with E-state index in [9.17, 15) is 0 Å². The topological polar surface area (TPSA) is 19.6 Å². The summed E-state index contributed by atoms with van der Waals surface area (Å²) in [4.78, 5) is 5.15. The van der Waals surface area contributed by atoms with Gasteiger partial charge in [0.25, 0.3) is 0 Å². The van der Waals surface area contributed by atoms with Crippen molar-refractivity contribution in [3.63, 3.8) is 0 Å². The molecule has 0 bridgehead atoms. The van der Waals surface area contributed by atoms with Crippen molar-refractivity contribution in [2.75, 3.05) is 13.6 Å². The predicted octanol–water partition coefficient (Wildman–Crippen LogP) is 4.11. The van der Waals surface area contributed by atoms with Gasteiger partial charge in [0, 0.05) is 24.7 Å². The van der Waals surface area contributed by atoms with E-state index in [1.807, 2.05) is 6.92 Å². The maximum absolute atomic E-state index is 5.83. The van der Waals surface area contributed by atoms with Gasteiger partial charge in [0.1, 0.15) is 11.5 Å². The molecule has 2 aromatic rings. The Morgan fingerprint density at radius 3 is 2.54 bits per heavy atom. The highest BCUT2D eigenvalue weighted by Gasteiger charge is 2.37. The van der Waals surface area contributed by atoms with Crippen LogP contribution in [0.4, 0.5) is 0 Å². The molecule has 3 nitrogen and oxygen atoms in total. The van der Waals surface area contributed by atoms with Crippen LogP contribution in [-0.2, 0) is 13.0 Å². The molecule has 0 amide bonds. The van der Waals surface area contributed by atoms with E-state index in [0.29, 0.717) is 18.1 Å². The Kier molecular flexibility index (Phi) is 5.42. The molecule has 3 rings (SSSR count). The molecule has 2 atom stereocenters. The summed E-state index contributed by atoms with van der Waals surface area (Å²) < 4.78 is 5.83. The molecule has 130 valence electrons. The minimum atomic E-state index is 0.533. The lowest BCUT2D eigenvalue weighted by Gasteiger charge is -2.35. The van der Waals surface area contributed by atoms with Gasteiger partial charge in [0.05, 0.1) is 6.54 Å². The minimum Gasteiger partial charge on any atom is -0.465 e. The van der Waals surface area contributed by atoms with E-state index in [0.717, 1.165) is 31.0 Å². The molecule has 0 spiro atoms. The maximum atomic E-state index is 5.83. The van der Waals surface area contributed by atoms with Crippen molar-refractivity contribution in [3.05, 3.63) is 59.5 Å². The zero-order chi connectivity index (χ0) is 17.1. The van der Waals surface area contributed by atoms with Gasteiger partial charge in [-0.05, 0) is 58.4 Å². The van der Waals surface area contributed by atoms with Crippen molar-refractivity contribution < 1.29 is 4.42 Å². The second-order valence-electron chi connectivity index (χ2n) is 7.36. The van der Waals surface area contributed by atoms with Gasteiger partial charge in [0.2, 0.25) is 0 Å². The molecule has 3 heteroatoms. The fraction of sp³-hybridized carbons (Fsp3) is 0.524. The van der Waals surface area contributed by atoms with Crippen LogP contribution in [0.2, 0.25) is 0 Å². The molecule has 1 fully saturated rings. The molecular formula is C21H30N2O. The number of rotatable bonds is 6. The van der Waals surface area contributed by atoms with Crippen molar-refractivity contribution in [1.29, 1.82) is 0 Å². The molecule has 1 aliphatic rings. The van der Waals surface area contributed by atoms with Crippen LogP contribution in [0.25, 0.3) is 0 Å². The normalized spacial score (nSPS) is 21.9. The SMILES string of the molecule is Cc1ccc(CN2CC[C@@H](N(C)C(C)C)[C@@H]2Cc2ccccc2)o1. The molecular weight excluding hydrogens is 296 g/mol. The monoisotopic (exact) mass is 326 g/mol. The summed E-state index contributed by atoms with van der Waals surface area (Å²) in [5.41, 5.74) is 1.42. The standard InChI is InChI=1S/C21H30N2O/c1-16(2)22(4)20-12-13-23(15-19-11-10-17(3)24-19)21(20)14-18-8-6-5-7-9-18/h5-11,16,20-21H,12-15H2,1-4H3/t20-,21+/m1/s1. The molecule has 0 aliphatic carbocycles. The predicted molar refractivity (Wildman–Crippen MR) is 99.1 cm³/mol. The van der Waals surface area contributed by atoms with Gasteiger partial charge in [-0.15, -0.1) is 0 Å². The quantitative estimate of drug-likeness (QED) is 0.796. The Hall–Kier alpha value is -1.58. The Labute approximate surface area is 146 Å². The first-order valence-corrected chi connectivity index (χ1v) is 9.10. The van der Waals surface area contributed by atoms with Crippen molar-refractivity contribution in [3.8, 4) is 0 Å². The van der Waals surface area contributed by atoms with Crippen LogP contribution in [0, 0.1) is 6.92 Å². The zero-order valence-electron chi connectivity index (χ0n) is 15.4. The van der Waals surface area contributed by atoms with Gasteiger partial charge in [0.15, 0.2) is 0 Å². The molecule has 1 aliphatic heterocycles. The smallest absolute Gasteiger partial charge is 0.118 e. The molecule has 0 radical (unpaired) electrons. The third-order valence-electron chi connectivity index (χ3n) is 5.41. The Morgan fingerprint density at radius 2 is 1.92 bits per heavy atom. The minimum absolute atomic E-state index is 0.533. The summed E-state index contributed by atoms with van der Waals surface area (Å²) >= 11 is 0. The highest BCUT2D eigenvalue weighted by Crippen LogP contribution is 2.28. The molecule has 0 N–H and O–H groups in total. The van der Waals surface area contributed by atoms with Crippen LogP contribution < -0.4 is 0 Å². The molecule has 1 aromatic carbocycles. The van der Waals surface area contributed by atoms with Crippen LogP contribution in [0.1, 0.15) is 37.4 Å². The highest BCUT2D eigenvalue weighted by atomic mass is 16.3. The van der Waals surface area contributed by atoms with Crippen LogP contribution >= 0.6 is 0 Å². The van der Waals surface area contributed by atoms with Gasteiger partial charge in [-0.25, -0.2) is 0 Å². The van der Waals surface area contributed by atoms with Crippen LogP contribution in [0.3, 0.4) is 0 Å². The zero-order valence-corrected chi connectivity index (χ0v) is 15.4. The first-order chi connectivity index (χ1) is 11.5. The summed E-state index contributed by atoms with van der Waals surface area (Å²) in [6.07, 6.45) is 2.33. The van der Waals surface area contributed by atoms with Crippen LogP contribution in [-0.4, -0.2) is 41.5 Å². The van der Waals surface area contributed by atoms with Crippen molar-refractivity contribution in [1.82, 2.24) is 9.80 Å². The third-order valence-corrected chi connectivity index (χ3v) is 5.41. The molecule has 1 saturated heterocycles. The number of nitrogens with zero attached hydrogens (tertiary/aromatic N) is 2. The number of benzene rings is 1. The first kappa shape index (κ1) is 17.2. The maximum Gasteiger partial charge on any atom is 0.118 e. The summed E-state index contributed by atoms with van der Waals surface area (Å²) in [6, 6.07) is 16.8. The first-order valence-electron chi connectivity index (χ1n) is 9.10. The average molecular weight is 326 g/mol. The summed E-state index contributed by atoms with van der Waals surface area (Å²) in [5.74, 6) is 2.08. The van der Waals surface area contributed by atoms with E-state index in [1.54, 1.807) is 0 Å².